The van der Waals surface area contributed by atoms with E-state index in [0.29, 0.717) is 11.6 Å². The minimum atomic E-state index is 0.339. The Labute approximate surface area is 112 Å². The van der Waals surface area contributed by atoms with Crippen LogP contribution in [0.2, 0.25) is 0 Å². The SMILES string of the molecule is CC(C)N1CCC(CN)(N2CC3CCC2C3)CC1. The molecule has 0 amide bonds. The van der Waals surface area contributed by atoms with Gasteiger partial charge in [-0.15, -0.1) is 0 Å². The molecule has 3 heteroatoms. The average molecular weight is 251 g/mol. The Morgan fingerprint density at radius 3 is 2.39 bits per heavy atom. The maximum Gasteiger partial charge on any atom is 0.0359 e. The van der Waals surface area contributed by atoms with Gasteiger partial charge in [-0.05, 0) is 51.9 Å². The Bertz CT molecular complexity index is 294. The van der Waals surface area contributed by atoms with Crippen LogP contribution in [0.3, 0.4) is 0 Å². The van der Waals surface area contributed by atoms with Crippen LogP contribution in [0.4, 0.5) is 0 Å². The lowest BCUT2D eigenvalue weighted by molar-refractivity contribution is -0.00101. The smallest absolute Gasteiger partial charge is 0.0359 e. The Morgan fingerprint density at radius 1 is 1.22 bits per heavy atom. The zero-order chi connectivity index (χ0) is 12.8. The van der Waals surface area contributed by atoms with E-state index in [-0.39, 0.29) is 0 Å². The summed E-state index contributed by atoms with van der Waals surface area (Å²) in [7, 11) is 0. The van der Waals surface area contributed by atoms with Crippen molar-refractivity contribution in [1.82, 2.24) is 9.80 Å². The van der Waals surface area contributed by atoms with Crippen LogP contribution in [0.5, 0.6) is 0 Å². The lowest BCUT2D eigenvalue weighted by atomic mass is 9.83. The first-order valence-electron chi connectivity index (χ1n) is 7.85. The number of hydrogen-bond acceptors (Lipinski definition) is 3. The van der Waals surface area contributed by atoms with E-state index in [9.17, 15) is 0 Å². The van der Waals surface area contributed by atoms with Crippen LogP contribution in [0.15, 0.2) is 0 Å². The van der Waals surface area contributed by atoms with Gasteiger partial charge in [-0.25, -0.2) is 0 Å². The van der Waals surface area contributed by atoms with Gasteiger partial charge in [0.05, 0.1) is 0 Å². The van der Waals surface area contributed by atoms with E-state index in [1.54, 1.807) is 0 Å². The first-order chi connectivity index (χ1) is 8.64. The molecule has 3 aliphatic rings. The minimum Gasteiger partial charge on any atom is -0.329 e. The molecule has 0 spiro atoms. The molecule has 104 valence electrons. The van der Waals surface area contributed by atoms with Crippen LogP contribution in [0, 0.1) is 5.92 Å². The summed E-state index contributed by atoms with van der Waals surface area (Å²) in [6, 6.07) is 1.56. The topological polar surface area (TPSA) is 32.5 Å². The van der Waals surface area contributed by atoms with E-state index >= 15 is 0 Å². The maximum atomic E-state index is 6.21. The lowest BCUT2D eigenvalue weighted by Crippen LogP contribution is -2.61. The largest absolute Gasteiger partial charge is 0.329 e. The third-order valence-electron chi connectivity index (χ3n) is 5.86. The molecular formula is C15H29N3. The molecule has 2 atom stereocenters. The molecule has 2 unspecified atom stereocenters. The number of piperidine rings is 2. The third kappa shape index (κ3) is 2.00. The fourth-order valence-corrected chi connectivity index (χ4v) is 4.57. The van der Waals surface area contributed by atoms with Crippen LogP contribution in [-0.2, 0) is 0 Å². The molecule has 1 saturated carbocycles. The summed E-state index contributed by atoms with van der Waals surface area (Å²) in [5.41, 5.74) is 6.55. The summed E-state index contributed by atoms with van der Waals surface area (Å²) < 4.78 is 0. The molecule has 18 heavy (non-hydrogen) atoms. The molecule has 0 aromatic rings. The molecule has 2 saturated heterocycles. The van der Waals surface area contributed by atoms with E-state index in [4.69, 9.17) is 5.73 Å². The van der Waals surface area contributed by atoms with Gasteiger partial charge in [-0.3, -0.25) is 4.90 Å². The van der Waals surface area contributed by atoms with Gasteiger partial charge in [0.25, 0.3) is 0 Å². The molecule has 2 bridgehead atoms. The van der Waals surface area contributed by atoms with Crippen LogP contribution in [-0.4, -0.2) is 53.6 Å². The quantitative estimate of drug-likeness (QED) is 0.828. The van der Waals surface area contributed by atoms with Crippen LogP contribution >= 0.6 is 0 Å². The minimum absolute atomic E-state index is 0.339. The average Bonchev–Trinajstić information content (AvgIpc) is 3.01. The Kier molecular flexibility index (Phi) is 3.41. The first kappa shape index (κ1) is 12.9. The van der Waals surface area contributed by atoms with E-state index < -0.39 is 0 Å². The summed E-state index contributed by atoms with van der Waals surface area (Å²) in [5.74, 6) is 0.988. The number of likely N-dealkylation sites (tertiary alicyclic amines) is 2. The van der Waals surface area contributed by atoms with Crippen LogP contribution in [0.1, 0.15) is 46.0 Å². The molecule has 3 fully saturated rings. The first-order valence-corrected chi connectivity index (χ1v) is 7.85. The Morgan fingerprint density at radius 2 is 1.94 bits per heavy atom. The second kappa shape index (κ2) is 4.77. The molecule has 2 N–H and O–H groups in total. The fourth-order valence-electron chi connectivity index (χ4n) is 4.57. The number of rotatable bonds is 3. The van der Waals surface area contributed by atoms with Crippen molar-refractivity contribution in [3.05, 3.63) is 0 Å². The number of nitrogens with zero attached hydrogens (tertiary/aromatic N) is 2. The van der Waals surface area contributed by atoms with E-state index in [0.717, 1.165) is 18.5 Å². The van der Waals surface area contributed by atoms with Gasteiger partial charge in [0.1, 0.15) is 0 Å². The van der Waals surface area contributed by atoms with E-state index in [2.05, 4.69) is 23.6 Å². The fraction of sp³-hybridized carbons (Fsp3) is 1.00. The van der Waals surface area contributed by atoms with E-state index in [1.807, 2.05) is 0 Å². The van der Waals surface area contributed by atoms with Gasteiger partial charge in [-0.2, -0.15) is 0 Å². The normalized spacial score (nSPS) is 36.7. The monoisotopic (exact) mass is 251 g/mol. The zero-order valence-corrected chi connectivity index (χ0v) is 12.1. The molecule has 0 radical (unpaired) electrons. The van der Waals surface area contributed by atoms with Crippen molar-refractivity contribution in [2.75, 3.05) is 26.2 Å². The highest BCUT2D eigenvalue weighted by Crippen LogP contribution is 2.44. The maximum absolute atomic E-state index is 6.21. The van der Waals surface area contributed by atoms with Gasteiger partial charge < -0.3 is 10.6 Å². The molecular weight excluding hydrogens is 222 g/mol. The summed E-state index contributed by atoms with van der Waals surface area (Å²) in [6.45, 7) is 9.30. The number of nitrogens with two attached hydrogens (primary N) is 1. The third-order valence-corrected chi connectivity index (χ3v) is 5.86. The number of fused-ring (bicyclic) bond motifs is 2. The summed E-state index contributed by atoms with van der Waals surface area (Å²) in [5, 5.41) is 0. The van der Waals surface area contributed by atoms with Crippen molar-refractivity contribution >= 4 is 0 Å². The predicted molar refractivity (Wildman–Crippen MR) is 75.6 cm³/mol. The molecule has 2 heterocycles. The molecule has 3 rings (SSSR count). The Hall–Kier alpha value is -0.120. The lowest BCUT2D eigenvalue weighted by Gasteiger charge is -2.51. The molecule has 1 aliphatic carbocycles. The van der Waals surface area contributed by atoms with Gasteiger partial charge in [0.2, 0.25) is 0 Å². The molecule has 0 aromatic heterocycles. The molecule has 3 nitrogen and oxygen atoms in total. The predicted octanol–water partition coefficient (Wildman–Crippen LogP) is 1.67. The van der Waals surface area contributed by atoms with Gasteiger partial charge in [-0.1, -0.05) is 0 Å². The van der Waals surface area contributed by atoms with E-state index in [1.165, 1.54) is 51.7 Å². The van der Waals surface area contributed by atoms with Crippen LogP contribution in [0.25, 0.3) is 0 Å². The van der Waals surface area contributed by atoms with Crippen molar-refractivity contribution in [1.29, 1.82) is 0 Å². The standard InChI is InChI=1S/C15H29N3/c1-12(2)17-7-5-15(11-16,6-8-17)18-10-13-3-4-14(18)9-13/h12-14H,3-11,16H2,1-2H3. The van der Waals surface area contributed by atoms with Gasteiger partial charge >= 0.3 is 0 Å². The number of hydrogen-bond donors (Lipinski definition) is 1. The molecule has 2 aliphatic heterocycles. The molecule has 0 aromatic carbocycles. The zero-order valence-electron chi connectivity index (χ0n) is 12.1. The summed E-state index contributed by atoms with van der Waals surface area (Å²) in [6.07, 6.45) is 6.92. The summed E-state index contributed by atoms with van der Waals surface area (Å²) in [4.78, 5) is 5.43. The second-order valence-corrected chi connectivity index (χ2v) is 7.04. The van der Waals surface area contributed by atoms with Gasteiger partial charge in [0, 0.05) is 43.8 Å². The highest BCUT2D eigenvalue weighted by molar-refractivity contribution is 5.05. The van der Waals surface area contributed by atoms with Crippen LogP contribution < -0.4 is 5.73 Å². The second-order valence-electron chi connectivity index (χ2n) is 7.04. The Balaban J connectivity index is 1.69. The van der Waals surface area contributed by atoms with Crippen molar-refractivity contribution < 1.29 is 0 Å². The van der Waals surface area contributed by atoms with Crippen molar-refractivity contribution in [2.45, 2.75) is 63.6 Å². The van der Waals surface area contributed by atoms with Crippen molar-refractivity contribution in [3.63, 3.8) is 0 Å². The highest BCUT2D eigenvalue weighted by atomic mass is 15.3. The van der Waals surface area contributed by atoms with Gasteiger partial charge in [0.15, 0.2) is 0 Å². The highest BCUT2D eigenvalue weighted by Gasteiger charge is 2.48. The van der Waals surface area contributed by atoms with Crippen molar-refractivity contribution in [3.8, 4) is 0 Å². The van der Waals surface area contributed by atoms with Crippen molar-refractivity contribution in [2.24, 2.45) is 11.7 Å². The summed E-state index contributed by atoms with van der Waals surface area (Å²) >= 11 is 0.